The van der Waals surface area contributed by atoms with Crippen molar-refractivity contribution in [2.45, 2.75) is 51.7 Å². The summed E-state index contributed by atoms with van der Waals surface area (Å²) >= 11 is 0. The molecule has 1 spiro atoms. The third-order valence-corrected chi connectivity index (χ3v) is 4.62. The average molecular weight is 330 g/mol. The molecule has 3 rings (SSSR count). The van der Waals surface area contributed by atoms with Gasteiger partial charge in [0, 0.05) is 31.5 Å². The monoisotopic (exact) mass is 330 g/mol. The van der Waals surface area contributed by atoms with Crippen LogP contribution in [-0.2, 0) is 0 Å². The Morgan fingerprint density at radius 3 is 2.50 bits per heavy atom. The molecule has 1 aromatic carbocycles. The van der Waals surface area contributed by atoms with Gasteiger partial charge in [0.1, 0.15) is 5.66 Å². The van der Waals surface area contributed by atoms with Crippen LogP contribution in [0, 0.1) is 6.92 Å². The van der Waals surface area contributed by atoms with Crippen molar-refractivity contribution in [2.75, 3.05) is 18.4 Å². The maximum atomic E-state index is 12.5. The number of nitrogens with zero attached hydrogens (tertiary/aromatic N) is 1. The molecule has 2 aliphatic rings. The molecule has 1 aromatic rings. The molecule has 2 aliphatic heterocycles. The van der Waals surface area contributed by atoms with Gasteiger partial charge in [0.05, 0.1) is 11.3 Å². The third kappa shape index (κ3) is 3.18. The Morgan fingerprint density at radius 2 is 1.88 bits per heavy atom. The van der Waals surface area contributed by atoms with Crippen molar-refractivity contribution in [3.63, 3.8) is 0 Å². The Labute approximate surface area is 143 Å². The lowest BCUT2D eigenvalue weighted by Crippen LogP contribution is -2.64. The van der Waals surface area contributed by atoms with Crippen LogP contribution in [0.15, 0.2) is 18.2 Å². The van der Waals surface area contributed by atoms with E-state index in [2.05, 4.69) is 16.0 Å². The highest BCUT2D eigenvalue weighted by atomic mass is 16.2. The summed E-state index contributed by atoms with van der Waals surface area (Å²) in [6.45, 7) is 9.13. The molecule has 0 atom stereocenters. The van der Waals surface area contributed by atoms with Crippen LogP contribution in [0.3, 0.4) is 0 Å². The molecule has 2 heterocycles. The third-order valence-electron chi connectivity index (χ3n) is 4.62. The minimum atomic E-state index is -0.464. The highest BCUT2D eigenvalue weighted by Crippen LogP contribution is 2.33. The smallest absolute Gasteiger partial charge is 0.317 e. The molecular weight excluding hydrogens is 304 g/mol. The lowest BCUT2D eigenvalue weighted by atomic mass is 9.91. The molecule has 1 fully saturated rings. The maximum absolute atomic E-state index is 12.5. The van der Waals surface area contributed by atoms with Crippen LogP contribution in [0.25, 0.3) is 0 Å². The first-order valence-corrected chi connectivity index (χ1v) is 8.47. The van der Waals surface area contributed by atoms with Crippen molar-refractivity contribution >= 4 is 17.6 Å². The number of anilines is 1. The lowest BCUT2D eigenvalue weighted by molar-refractivity contribution is 0.0846. The number of hydrogen-bond donors (Lipinski definition) is 3. The number of urea groups is 1. The predicted molar refractivity (Wildman–Crippen MR) is 94.1 cm³/mol. The van der Waals surface area contributed by atoms with Gasteiger partial charge in [0.25, 0.3) is 5.91 Å². The van der Waals surface area contributed by atoms with Gasteiger partial charge in [0.2, 0.25) is 0 Å². The van der Waals surface area contributed by atoms with E-state index in [1.807, 2.05) is 50.8 Å². The largest absolute Gasteiger partial charge is 0.362 e. The maximum Gasteiger partial charge on any atom is 0.317 e. The molecule has 1 saturated heterocycles. The van der Waals surface area contributed by atoms with Crippen molar-refractivity contribution in [2.24, 2.45) is 0 Å². The molecule has 3 amide bonds. The number of rotatable bonds is 0. The van der Waals surface area contributed by atoms with Crippen LogP contribution in [0.5, 0.6) is 0 Å². The number of benzene rings is 1. The number of para-hydroxylation sites is 1. The number of likely N-dealkylation sites (tertiary alicyclic amines) is 1. The van der Waals surface area contributed by atoms with E-state index in [1.54, 1.807) is 0 Å². The van der Waals surface area contributed by atoms with Crippen molar-refractivity contribution in [1.82, 2.24) is 15.5 Å². The van der Waals surface area contributed by atoms with E-state index >= 15 is 0 Å². The van der Waals surface area contributed by atoms with Crippen LogP contribution in [0.2, 0.25) is 0 Å². The fourth-order valence-corrected chi connectivity index (χ4v) is 3.32. The summed E-state index contributed by atoms with van der Waals surface area (Å²) in [6, 6.07) is 5.69. The van der Waals surface area contributed by atoms with Crippen LogP contribution in [0.1, 0.15) is 49.5 Å². The molecule has 0 bridgehead atoms. The molecule has 6 heteroatoms. The molecule has 0 aromatic heterocycles. The van der Waals surface area contributed by atoms with Gasteiger partial charge < -0.3 is 20.9 Å². The van der Waals surface area contributed by atoms with Gasteiger partial charge in [-0.15, -0.1) is 0 Å². The van der Waals surface area contributed by atoms with E-state index < -0.39 is 5.66 Å². The van der Waals surface area contributed by atoms with Crippen LogP contribution >= 0.6 is 0 Å². The summed E-state index contributed by atoms with van der Waals surface area (Å²) in [5.74, 6) is -0.0416. The van der Waals surface area contributed by atoms with E-state index in [0.717, 1.165) is 11.3 Å². The number of fused-ring (bicyclic) bond motifs is 1. The zero-order valence-corrected chi connectivity index (χ0v) is 14.8. The Kier molecular flexibility index (Phi) is 3.94. The summed E-state index contributed by atoms with van der Waals surface area (Å²) in [5, 5.41) is 9.64. The summed E-state index contributed by atoms with van der Waals surface area (Å²) in [6.07, 6.45) is 1.37. The molecule has 130 valence electrons. The van der Waals surface area contributed by atoms with Crippen molar-refractivity contribution in [3.05, 3.63) is 29.3 Å². The Morgan fingerprint density at radius 1 is 1.21 bits per heavy atom. The number of piperidine rings is 1. The van der Waals surface area contributed by atoms with Gasteiger partial charge in [-0.3, -0.25) is 4.79 Å². The van der Waals surface area contributed by atoms with Crippen LogP contribution in [0.4, 0.5) is 10.5 Å². The predicted octanol–water partition coefficient (Wildman–Crippen LogP) is 2.45. The second-order valence-electron chi connectivity index (χ2n) is 7.83. The van der Waals surface area contributed by atoms with E-state index in [-0.39, 0.29) is 17.5 Å². The fraction of sp³-hybridized carbons (Fsp3) is 0.556. The van der Waals surface area contributed by atoms with E-state index in [4.69, 9.17) is 0 Å². The van der Waals surface area contributed by atoms with Gasteiger partial charge in [-0.25, -0.2) is 4.79 Å². The number of carbonyl (C=O) groups is 2. The molecule has 0 unspecified atom stereocenters. The van der Waals surface area contributed by atoms with Crippen LogP contribution in [-0.4, -0.2) is 41.1 Å². The van der Waals surface area contributed by atoms with Gasteiger partial charge >= 0.3 is 6.03 Å². The van der Waals surface area contributed by atoms with Crippen molar-refractivity contribution in [1.29, 1.82) is 0 Å². The molecule has 6 nitrogen and oxygen atoms in total. The van der Waals surface area contributed by atoms with Crippen LogP contribution < -0.4 is 16.0 Å². The second kappa shape index (κ2) is 5.69. The molecule has 24 heavy (non-hydrogen) atoms. The SMILES string of the molecule is Cc1cccc2c1NC1(CCN(C(=O)NC(C)(C)C)CC1)NC2=O. The van der Waals surface area contributed by atoms with Gasteiger partial charge in [-0.2, -0.15) is 0 Å². The summed E-state index contributed by atoms with van der Waals surface area (Å²) in [7, 11) is 0. The molecular formula is C18H26N4O2. The van der Waals surface area contributed by atoms with Crippen molar-refractivity contribution < 1.29 is 9.59 Å². The number of nitrogens with one attached hydrogen (secondary N) is 3. The first-order chi connectivity index (χ1) is 11.2. The number of carbonyl (C=O) groups excluding carboxylic acids is 2. The highest BCUT2D eigenvalue weighted by molar-refractivity contribution is 6.02. The minimum absolute atomic E-state index is 0.0416. The summed E-state index contributed by atoms with van der Waals surface area (Å²) in [4.78, 5) is 26.6. The molecule has 0 aliphatic carbocycles. The Balaban J connectivity index is 1.71. The van der Waals surface area contributed by atoms with Gasteiger partial charge in [-0.05, 0) is 39.3 Å². The van der Waals surface area contributed by atoms with Crippen molar-refractivity contribution in [3.8, 4) is 0 Å². The number of aryl methyl sites for hydroxylation is 1. The Bertz CT molecular complexity index is 670. The van der Waals surface area contributed by atoms with Gasteiger partial charge in [-0.1, -0.05) is 12.1 Å². The molecule has 3 N–H and O–H groups in total. The van der Waals surface area contributed by atoms with E-state index in [9.17, 15) is 9.59 Å². The zero-order valence-electron chi connectivity index (χ0n) is 14.8. The quantitative estimate of drug-likeness (QED) is 0.684. The summed E-state index contributed by atoms with van der Waals surface area (Å²) < 4.78 is 0. The lowest BCUT2D eigenvalue weighted by Gasteiger charge is -2.46. The zero-order chi connectivity index (χ0) is 17.5. The topological polar surface area (TPSA) is 73.5 Å². The van der Waals surface area contributed by atoms with Gasteiger partial charge in [0.15, 0.2) is 0 Å². The first kappa shape index (κ1) is 16.6. The van der Waals surface area contributed by atoms with E-state index in [1.165, 1.54) is 0 Å². The number of hydrogen-bond acceptors (Lipinski definition) is 3. The highest BCUT2D eigenvalue weighted by Gasteiger charge is 2.41. The average Bonchev–Trinajstić information content (AvgIpc) is 2.47. The summed E-state index contributed by atoms with van der Waals surface area (Å²) in [5.41, 5.74) is 1.95. The standard InChI is InChI=1S/C18H26N4O2/c1-12-6-5-7-13-14(12)19-18(20-15(13)23)8-10-22(11-9-18)16(24)21-17(2,3)4/h5-7,19H,8-11H2,1-4H3,(H,20,23)(H,21,24). The van der Waals surface area contributed by atoms with E-state index in [0.29, 0.717) is 31.5 Å². The first-order valence-electron chi connectivity index (χ1n) is 8.47. The number of amides is 3. The second-order valence-corrected chi connectivity index (χ2v) is 7.83. The minimum Gasteiger partial charge on any atom is -0.362 e. The molecule has 0 saturated carbocycles. The molecule has 0 radical (unpaired) electrons. The normalized spacial score (nSPS) is 19.3. The fourth-order valence-electron chi connectivity index (χ4n) is 3.32. The Hall–Kier alpha value is -2.24.